The molecule has 2 saturated carbocycles. The van der Waals surface area contributed by atoms with Crippen molar-refractivity contribution in [3.05, 3.63) is 11.7 Å². The van der Waals surface area contributed by atoms with Crippen LogP contribution in [0.5, 0.6) is 0 Å². The molecule has 94 valence electrons. The van der Waals surface area contributed by atoms with Crippen molar-refractivity contribution in [3.8, 4) is 0 Å². The summed E-state index contributed by atoms with van der Waals surface area (Å²) in [6, 6.07) is 0.678. The van der Waals surface area contributed by atoms with Crippen LogP contribution in [-0.2, 0) is 0 Å². The molecule has 2 aliphatic carbocycles. The quantitative estimate of drug-likeness (QED) is 0.874. The molecule has 2 atom stereocenters. The fourth-order valence-corrected chi connectivity index (χ4v) is 2.87. The van der Waals surface area contributed by atoms with Gasteiger partial charge in [-0.3, -0.25) is 0 Å². The maximum absolute atomic E-state index is 5.44. The van der Waals surface area contributed by atoms with Gasteiger partial charge in [-0.2, -0.15) is 4.98 Å². The van der Waals surface area contributed by atoms with Crippen LogP contribution < -0.4 is 5.32 Å². The largest absolute Gasteiger partial charge is 0.339 e. The number of nitrogens with zero attached hydrogens (tertiary/aromatic N) is 2. The highest BCUT2D eigenvalue weighted by Gasteiger charge is 2.38. The molecule has 1 aromatic heterocycles. The lowest BCUT2D eigenvalue weighted by Crippen LogP contribution is -2.29. The van der Waals surface area contributed by atoms with Gasteiger partial charge in [-0.15, -0.1) is 0 Å². The van der Waals surface area contributed by atoms with Gasteiger partial charge in [0.05, 0.1) is 0 Å². The van der Waals surface area contributed by atoms with Gasteiger partial charge >= 0.3 is 0 Å². The molecule has 0 aliphatic heterocycles. The minimum absolute atomic E-state index is 0.495. The second-order valence-corrected chi connectivity index (χ2v) is 5.65. The lowest BCUT2D eigenvalue weighted by atomic mass is 9.86. The molecule has 0 amide bonds. The molecule has 0 radical (unpaired) electrons. The van der Waals surface area contributed by atoms with Crippen LogP contribution in [0.25, 0.3) is 0 Å². The summed E-state index contributed by atoms with van der Waals surface area (Å²) >= 11 is 0. The molecule has 2 unspecified atom stereocenters. The number of aromatic nitrogens is 2. The molecule has 0 bridgehead atoms. The predicted octanol–water partition coefficient (Wildman–Crippen LogP) is 2.44. The van der Waals surface area contributed by atoms with E-state index in [1.54, 1.807) is 0 Å². The van der Waals surface area contributed by atoms with Gasteiger partial charge in [0.15, 0.2) is 5.82 Å². The highest BCUT2D eigenvalue weighted by atomic mass is 16.5. The Morgan fingerprint density at radius 2 is 1.94 bits per heavy atom. The third-order valence-electron chi connectivity index (χ3n) is 4.38. The first-order valence-corrected chi connectivity index (χ1v) is 6.78. The lowest BCUT2D eigenvalue weighted by molar-refractivity contribution is 0.287. The summed E-state index contributed by atoms with van der Waals surface area (Å²) in [5, 5.41) is 7.49. The van der Waals surface area contributed by atoms with Gasteiger partial charge in [0.1, 0.15) is 0 Å². The van der Waals surface area contributed by atoms with E-state index in [0.717, 1.165) is 17.6 Å². The fourth-order valence-electron chi connectivity index (χ4n) is 2.87. The highest BCUT2D eigenvalue weighted by molar-refractivity contribution is 5.09. The first kappa shape index (κ1) is 11.2. The van der Waals surface area contributed by atoms with Gasteiger partial charge in [-0.25, -0.2) is 0 Å². The normalized spacial score (nSPS) is 37.1. The standard InChI is InChI=1S/C13H21N3O/c1-8-7-11(8)12-15-13(17-16-12)9-3-5-10(14-2)6-4-9/h8-11,14H,3-7H2,1-2H3. The van der Waals surface area contributed by atoms with Crippen LogP contribution >= 0.6 is 0 Å². The van der Waals surface area contributed by atoms with Crippen molar-refractivity contribution in [2.75, 3.05) is 7.05 Å². The van der Waals surface area contributed by atoms with E-state index in [0.29, 0.717) is 17.9 Å². The Kier molecular flexibility index (Phi) is 2.90. The minimum Gasteiger partial charge on any atom is -0.339 e. The van der Waals surface area contributed by atoms with E-state index in [1.807, 2.05) is 7.05 Å². The van der Waals surface area contributed by atoms with E-state index in [9.17, 15) is 0 Å². The second kappa shape index (κ2) is 4.41. The number of hydrogen-bond acceptors (Lipinski definition) is 4. The number of hydrogen-bond donors (Lipinski definition) is 1. The molecule has 2 aliphatic rings. The van der Waals surface area contributed by atoms with Gasteiger partial charge in [0, 0.05) is 17.9 Å². The van der Waals surface area contributed by atoms with Crippen LogP contribution in [0.4, 0.5) is 0 Å². The summed E-state index contributed by atoms with van der Waals surface area (Å²) in [5.74, 6) is 3.65. The summed E-state index contributed by atoms with van der Waals surface area (Å²) in [6.07, 6.45) is 6.02. The summed E-state index contributed by atoms with van der Waals surface area (Å²) < 4.78 is 5.44. The Labute approximate surface area is 102 Å². The van der Waals surface area contributed by atoms with Crippen molar-refractivity contribution in [2.45, 2.75) is 56.9 Å². The molecule has 0 aromatic carbocycles. The summed E-state index contributed by atoms with van der Waals surface area (Å²) in [7, 11) is 2.05. The van der Waals surface area contributed by atoms with Gasteiger partial charge in [0.2, 0.25) is 5.89 Å². The van der Waals surface area contributed by atoms with E-state index < -0.39 is 0 Å². The van der Waals surface area contributed by atoms with Gasteiger partial charge in [-0.1, -0.05) is 12.1 Å². The molecule has 0 saturated heterocycles. The average Bonchev–Trinajstić information content (AvgIpc) is 2.92. The summed E-state index contributed by atoms with van der Waals surface area (Å²) in [6.45, 7) is 2.25. The van der Waals surface area contributed by atoms with Crippen molar-refractivity contribution in [1.29, 1.82) is 0 Å². The monoisotopic (exact) mass is 235 g/mol. The number of nitrogens with one attached hydrogen (secondary N) is 1. The zero-order valence-electron chi connectivity index (χ0n) is 10.6. The Morgan fingerprint density at radius 1 is 1.24 bits per heavy atom. The zero-order chi connectivity index (χ0) is 11.8. The van der Waals surface area contributed by atoms with Crippen LogP contribution in [0, 0.1) is 5.92 Å². The predicted molar refractivity (Wildman–Crippen MR) is 64.9 cm³/mol. The van der Waals surface area contributed by atoms with Gasteiger partial charge < -0.3 is 9.84 Å². The fraction of sp³-hybridized carbons (Fsp3) is 0.846. The molecule has 1 heterocycles. The first-order valence-electron chi connectivity index (χ1n) is 6.78. The highest BCUT2D eigenvalue weighted by Crippen LogP contribution is 2.46. The van der Waals surface area contributed by atoms with Crippen molar-refractivity contribution < 1.29 is 4.52 Å². The van der Waals surface area contributed by atoms with Crippen molar-refractivity contribution >= 4 is 0 Å². The Hall–Kier alpha value is -0.900. The lowest BCUT2D eigenvalue weighted by Gasteiger charge is -2.25. The molecule has 1 aromatic rings. The van der Waals surface area contributed by atoms with Crippen LogP contribution in [0.3, 0.4) is 0 Å². The maximum Gasteiger partial charge on any atom is 0.229 e. The van der Waals surface area contributed by atoms with Crippen molar-refractivity contribution in [1.82, 2.24) is 15.5 Å². The number of rotatable bonds is 3. The molecule has 0 spiro atoms. The molecule has 1 N–H and O–H groups in total. The molecule has 2 fully saturated rings. The third kappa shape index (κ3) is 2.23. The van der Waals surface area contributed by atoms with Gasteiger partial charge in [0.25, 0.3) is 0 Å². The van der Waals surface area contributed by atoms with Crippen molar-refractivity contribution in [2.24, 2.45) is 5.92 Å². The Bertz CT molecular complexity index is 382. The topological polar surface area (TPSA) is 51.0 Å². The van der Waals surface area contributed by atoms with Crippen LogP contribution in [0.2, 0.25) is 0 Å². The summed E-state index contributed by atoms with van der Waals surface area (Å²) in [4.78, 5) is 4.60. The van der Waals surface area contributed by atoms with E-state index in [-0.39, 0.29) is 0 Å². The van der Waals surface area contributed by atoms with E-state index in [1.165, 1.54) is 32.1 Å². The smallest absolute Gasteiger partial charge is 0.229 e. The molecule has 4 nitrogen and oxygen atoms in total. The van der Waals surface area contributed by atoms with E-state index in [2.05, 4.69) is 22.4 Å². The first-order chi connectivity index (χ1) is 8.28. The maximum atomic E-state index is 5.44. The van der Waals surface area contributed by atoms with Crippen LogP contribution in [0.15, 0.2) is 4.52 Å². The second-order valence-electron chi connectivity index (χ2n) is 5.65. The molecule has 3 rings (SSSR count). The zero-order valence-corrected chi connectivity index (χ0v) is 10.6. The van der Waals surface area contributed by atoms with Crippen LogP contribution in [-0.4, -0.2) is 23.2 Å². The van der Waals surface area contributed by atoms with Crippen molar-refractivity contribution in [3.63, 3.8) is 0 Å². The Morgan fingerprint density at radius 3 is 2.53 bits per heavy atom. The van der Waals surface area contributed by atoms with Crippen LogP contribution in [0.1, 0.15) is 62.6 Å². The SMILES string of the molecule is CNC1CCC(c2nc(C3CC3C)no2)CC1. The molecule has 4 heteroatoms. The molecular formula is C13H21N3O. The Balaban J connectivity index is 1.63. The minimum atomic E-state index is 0.495. The molecule has 17 heavy (non-hydrogen) atoms. The third-order valence-corrected chi connectivity index (χ3v) is 4.38. The molecular weight excluding hydrogens is 214 g/mol. The van der Waals surface area contributed by atoms with E-state index in [4.69, 9.17) is 4.52 Å². The summed E-state index contributed by atoms with van der Waals surface area (Å²) in [5.41, 5.74) is 0. The van der Waals surface area contributed by atoms with E-state index >= 15 is 0 Å². The van der Waals surface area contributed by atoms with Gasteiger partial charge in [-0.05, 0) is 45.1 Å². The average molecular weight is 235 g/mol.